The molecule has 0 saturated heterocycles. The van der Waals surface area contributed by atoms with Gasteiger partial charge in [-0.05, 0) is 40.2 Å². The van der Waals surface area contributed by atoms with E-state index in [2.05, 4.69) is 25.9 Å². The van der Waals surface area contributed by atoms with Crippen molar-refractivity contribution < 1.29 is 0 Å². The third kappa shape index (κ3) is 4.34. The Morgan fingerprint density at radius 3 is 2.48 bits per heavy atom. The third-order valence-corrected chi connectivity index (χ3v) is 4.82. The second-order valence-electron chi connectivity index (χ2n) is 5.67. The first kappa shape index (κ1) is 16.6. The molecule has 0 bridgehead atoms. The number of nitrogens with zero attached hydrogens (tertiary/aromatic N) is 1. The molecule has 21 heavy (non-hydrogen) atoms. The summed E-state index contributed by atoms with van der Waals surface area (Å²) in [5, 5.41) is 0.713. The number of H-pyrrole nitrogens is 1. The van der Waals surface area contributed by atoms with Crippen molar-refractivity contribution in [1.82, 2.24) is 9.97 Å². The highest BCUT2D eigenvalue weighted by Crippen LogP contribution is 2.27. The minimum absolute atomic E-state index is 0.137. The van der Waals surface area contributed by atoms with Gasteiger partial charge >= 0.3 is 0 Å². The lowest BCUT2D eigenvalue weighted by Crippen LogP contribution is -2.23. The first-order chi connectivity index (χ1) is 9.77. The van der Waals surface area contributed by atoms with Crippen LogP contribution in [0.5, 0.6) is 0 Å². The lowest BCUT2D eigenvalue weighted by molar-refractivity contribution is 0.558. The smallest absolute Gasteiger partial charge is 0.265 e. The predicted molar refractivity (Wildman–Crippen MR) is 92.3 cm³/mol. The van der Waals surface area contributed by atoms with Crippen LogP contribution in [0.3, 0.4) is 0 Å². The minimum atomic E-state index is -0.188. The van der Waals surface area contributed by atoms with E-state index in [9.17, 15) is 4.79 Å². The molecule has 0 aliphatic rings. The summed E-state index contributed by atoms with van der Waals surface area (Å²) in [5.41, 5.74) is 0.451. The summed E-state index contributed by atoms with van der Waals surface area (Å²) < 4.78 is 0.509. The van der Waals surface area contributed by atoms with Gasteiger partial charge in [-0.3, -0.25) is 4.79 Å². The summed E-state index contributed by atoms with van der Waals surface area (Å²) in [6.45, 7) is 6.11. The van der Waals surface area contributed by atoms with Gasteiger partial charge in [0.15, 0.2) is 0 Å². The molecule has 0 unspecified atom stereocenters. The Labute approximate surface area is 141 Å². The number of hydrogen-bond donors (Lipinski definition) is 1. The van der Waals surface area contributed by atoms with Gasteiger partial charge in [0.25, 0.3) is 5.56 Å². The molecule has 2 rings (SSSR count). The van der Waals surface area contributed by atoms with Crippen LogP contribution in [0.25, 0.3) is 0 Å². The van der Waals surface area contributed by atoms with Gasteiger partial charge in [0, 0.05) is 15.3 Å². The number of rotatable bonds is 3. The number of thioether (sulfide) groups is 1. The highest BCUT2D eigenvalue weighted by molar-refractivity contribution is 9.10. The van der Waals surface area contributed by atoms with Gasteiger partial charge in [-0.2, -0.15) is 0 Å². The van der Waals surface area contributed by atoms with Crippen LogP contribution in [0.1, 0.15) is 32.3 Å². The fourth-order valence-electron chi connectivity index (χ4n) is 1.75. The van der Waals surface area contributed by atoms with Crippen LogP contribution in [0.15, 0.2) is 38.4 Å². The maximum absolute atomic E-state index is 12.0. The molecule has 1 heterocycles. The lowest BCUT2D eigenvalue weighted by atomic mass is 9.92. The molecule has 0 amide bonds. The molecule has 0 aliphatic heterocycles. The number of benzene rings is 1. The maximum Gasteiger partial charge on any atom is 0.265 e. The van der Waals surface area contributed by atoms with E-state index in [1.165, 1.54) is 0 Å². The minimum Gasteiger partial charge on any atom is -0.309 e. The van der Waals surface area contributed by atoms with Gasteiger partial charge in [0.05, 0.1) is 11.4 Å². The van der Waals surface area contributed by atoms with Crippen LogP contribution in [-0.4, -0.2) is 9.97 Å². The van der Waals surface area contributed by atoms with E-state index >= 15 is 0 Å². The zero-order valence-corrected chi connectivity index (χ0v) is 15.2. The van der Waals surface area contributed by atoms with E-state index < -0.39 is 0 Å². The number of aromatic amines is 1. The normalized spacial score (nSPS) is 11.7. The monoisotopic (exact) mass is 386 g/mol. The fourth-order valence-corrected chi connectivity index (χ4v) is 3.43. The van der Waals surface area contributed by atoms with Gasteiger partial charge in [-0.1, -0.05) is 32.4 Å². The van der Waals surface area contributed by atoms with E-state index in [0.29, 0.717) is 21.1 Å². The van der Waals surface area contributed by atoms with Crippen molar-refractivity contribution in [3.05, 3.63) is 55.6 Å². The molecule has 0 radical (unpaired) electrons. The number of halogens is 2. The number of nitrogens with one attached hydrogen (secondary N) is 1. The molecule has 0 saturated carbocycles. The van der Waals surface area contributed by atoms with Crippen molar-refractivity contribution in [3.8, 4) is 0 Å². The molecular weight excluding hydrogens is 372 g/mol. The van der Waals surface area contributed by atoms with Gasteiger partial charge in [0.2, 0.25) is 0 Å². The first-order valence-electron chi connectivity index (χ1n) is 6.45. The van der Waals surface area contributed by atoms with Crippen LogP contribution >= 0.6 is 39.3 Å². The van der Waals surface area contributed by atoms with E-state index in [1.807, 2.05) is 45.0 Å². The van der Waals surface area contributed by atoms with Crippen molar-refractivity contribution in [2.75, 3.05) is 0 Å². The summed E-state index contributed by atoms with van der Waals surface area (Å²) in [6.07, 6.45) is 0. The second kappa shape index (κ2) is 6.55. The fraction of sp³-hybridized carbons (Fsp3) is 0.333. The lowest BCUT2D eigenvalue weighted by Gasteiger charge is -2.19. The van der Waals surface area contributed by atoms with Crippen LogP contribution in [0.2, 0.25) is 5.02 Å². The Balaban J connectivity index is 2.23. The van der Waals surface area contributed by atoms with Crippen molar-refractivity contribution in [1.29, 1.82) is 0 Å². The summed E-state index contributed by atoms with van der Waals surface area (Å²) >= 11 is 10.8. The summed E-state index contributed by atoms with van der Waals surface area (Å²) in [4.78, 5) is 20.5. The third-order valence-electron chi connectivity index (χ3n) is 2.81. The van der Waals surface area contributed by atoms with Gasteiger partial charge < -0.3 is 4.98 Å². The van der Waals surface area contributed by atoms with E-state index in [0.717, 1.165) is 10.6 Å². The highest BCUT2D eigenvalue weighted by Gasteiger charge is 2.21. The van der Waals surface area contributed by atoms with E-state index in [1.54, 1.807) is 11.8 Å². The summed E-state index contributed by atoms with van der Waals surface area (Å²) in [6, 6.07) is 7.60. The van der Waals surface area contributed by atoms with Gasteiger partial charge in [-0.15, -0.1) is 11.8 Å². The van der Waals surface area contributed by atoms with Crippen molar-refractivity contribution in [2.45, 2.75) is 36.8 Å². The SMILES string of the molecule is CC(C)(C)c1nc(CSc2ccc(Cl)cc2)[nH]c(=O)c1Br. The highest BCUT2D eigenvalue weighted by atomic mass is 79.9. The summed E-state index contributed by atoms with van der Waals surface area (Å²) in [7, 11) is 0. The van der Waals surface area contributed by atoms with E-state index in [4.69, 9.17) is 11.6 Å². The predicted octanol–water partition coefficient (Wildman–Crippen LogP) is 4.78. The zero-order chi connectivity index (χ0) is 15.6. The van der Waals surface area contributed by atoms with E-state index in [-0.39, 0.29) is 11.0 Å². The average Bonchev–Trinajstić information content (AvgIpc) is 2.40. The molecule has 3 nitrogen and oxygen atoms in total. The van der Waals surface area contributed by atoms with Crippen LogP contribution in [-0.2, 0) is 11.2 Å². The molecule has 0 fully saturated rings. The Morgan fingerprint density at radius 2 is 1.90 bits per heavy atom. The molecule has 0 aliphatic carbocycles. The van der Waals surface area contributed by atoms with Gasteiger partial charge in [-0.25, -0.2) is 4.98 Å². The Morgan fingerprint density at radius 1 is 1.29 bits per heavy atom. The first-order valence-corrected chi connectivity index (χ1v) is 8.60. The van der Waals surface area contributed by atoms with Crippen molar-refractivity contribution in [2.24, 2.45) is 0 Å². The Hall–Kier alpha value is -0.780. The molecule has 1 N–H and O–H groups in total. The molecular formula is C15H16BrClN2OS. The molecule has 0 atom stereocenters. The topological polar surface area (TPSA) is 45.8 Å². The van der Waals surface area contributed by atoms with Crippen LogP contribution < -0.4 is 5.56 Å². The molecule has 112 valence electrons. The van der Waals surface area contributed by atoms with Gasteiger partial charge in [0.1, 0.15) is 10.3 Å². The summed E-state index contributed by atoms with van der Waals surface area (Å²) in [5.74, 6) is 1.28. The molecule has 2 aromatic rings. The molecule has 6 heteroatoms. The largest absolute Gasteiger partial charge is 0.309 e. The van der Waals surface area contributed by atoms with Crippen molar-refractivity contribution in [3.63, 3.8) is 0 Å². The quantitative estimate of drug-likeness (QED) is 0.771. The number of hydrogen-bond acceptors (Lipinski definition) is 3. The zero-order valence-electron chi connectivity index (χ0n) is 12.0. The Bertz CT molecular complexity index is 692. The maximum atomic E-state index is 12.0. The van der Waals surface area contributed by atoms with Crippen LogP contribution in [0.4, 0.5) is 0 Å². The number of aromatic nitrogens is 2. The second-order valence-corrected chi connectivity index (χ2v) is 7.95. The molecule has 1 aromatic carbocycles. The molecule has 0 spiro atoms. The average molecular weight is 388 g/mol. The van der Waals surface area contributed by atoms with Crippen LogP contribution in [0, 0.1) is 0 Å². The molecule has 1 aromatic heterocycles. The standard InChI is InChI=1S/C15H16BrClN2OS/c1-15(2,3)13-12(16)14(20)19-11(18-13)8-21-10-6-4-9(17)5-7-10/h4-7H,8H2,1-3H3,(H,18,19,20). The van der Waals surface area contributed by atoms with Crippen molar-refractivity contribution >= 4 is 39.3 Å². The Kier molecular flexibility index (Phi) is 5.17.